The lowest BCUT2D eigenvalue weighted by molar-refractivity contribution is -0.384. The maximum Gasteiger partial charge on any atom is 0.276 e. The molecule has 8 nitrogen and oxygen atoms in total. The van der Waals surface area contributed by atoms with E-state index in [2.05, 4.69) is 15.4 Å². The van der Waals surface area contributed by atoms with E-state index in [1.54, 1.807) is 41.8 Å². The molecule has 4 aromatic rings. The van der Waals surface area contributed by atoms with Gasteiger partial charge in [-0.25, -0.2) is 9.67 Å². The summed E-state index contributed by atoms with van der Waals surface area (Å²) in [5.74, 6) is 0.113. The average molecular weight is 411 g/mol. The van der Waals surface area contributed by atoms with E-state index in [-0.39, 0.29) is 11.6 Å². The molecule has 28 heavy (non-hydrogen) atoms. The second kappa shape index (κ2) is 7.33. The normalized spacial score (nSPS) is 10.8. The van der Waals surface area contributed by atoms with Crippen LogP contribution in [0.2, 0.25) is 0 Å². The summed E-state index contributed by atoms with van der Waals surface area (Å²) in [6, 6.07) is 9.64. The molecule has 0 bridgehead atoms. The number of aryl methyl sites for hydroxylation is 1. The van der Waals surface area contributed by atoms with E-state index in [0.29, 0.717) is 22.9 Å². The van der Waals surface area contributed by atoms with Gasteiger partial charge in [-0.2, -0.15) is 16.4 Å². The summed E-state index contributed by atoms with van der Waals surface area (Å²) in [7, 11) is 0. The van der Waals surface area contributed by atoms with E-state index >= 15 is 0 Å². The third-order valence-corrected chi connectivity index (χ3v) is 5.46. The van der Waals surface area contributed by atoms with Crippen LogP contribution in [0.15, 0.2) is 52.5 Å². The van der Waals surface area contributed by atoms with E-state index in [1.165, 1.54) is 28.2 Å². The zero-order valence-corrected chi connectivity index (χ0v) is 16.2. The number of anilines is 1. The first-order valence-corrected chi connectivity index (χ1v) is 9.94. The van der Waals surface area contributed by atoms with Crippen LogP contribution in [0.5, 0.6) is 0 Å². The Bertz CT molecular complexity index is 1150. The molecule has 10 heteroatoms. The Balaban J connectivity index is 1.58. The summed E-state index contributed by atoms with van der Waals surface area (Å²) in [4.78, 5) is 27.4. The molecular formula is C18H13N5O3S2. The molecule has 0 spiro atoms. The first-order valence-electron chi connectivity index (χ1n) is 8.12. The highest BCUT2D eigenvalue weighted by Gasteiger charge is 2.16. The van der Waals surface area contributed by atoms with Crippen LogP contribution in [0.1, 0.15) is 16.2 Å². The van der Waals surface area contributed by atoms with Crippen molar-refractivity contribution in [3.8, 4) is 16.3 Å². The fraction of sp³-hybridized carbons (Fsp3) is 0.0556. The van der Waals surface area contributed by atoms with Crippen LogP contribution in [0.25, 0.3) is 16.3 Å². The van der Waals surface area contributed by atoms with E-state index < -0.39 is 4.92 Å². The molecule has 0 aliphatic rings. The van der Waals surface area contributed by atoms with E-state index in [4.69, 9.17) is 0 Å². The van der Waals surface area contributed by atoms with Crippen molar-refractivity contribution in [1.82, 2.24) is 14.8 Å². The molecule has 3 heterocycles. The van der Waals surface area contributed by atoms with Crippen LogP contribution in [0, 0.1) is 17.0 Å². The highest BCUT2D eigenvalue weighted by molar-refractivity contribution is 7.14. The number of rotatable bonds is 5. The number of nitro benzene ring substituents is 1. The average Bonchev–Trinajstić information content (AvgIpc) is 3.42. The van der Waals surface area contributed by atoms with Gasteiger partial charge < -0.3 is 5.32 Å². The molecule has 140 valence electrons. The van der Waals surface area contributed by atoms with Crippen molar-refractivity contribution >= 4 is 40.1 Å². The van der Waals surface area contributed by atoms with Crippen molar-refractivity contribution in [2.45, 2.75) is 6.92 Å². The van der Waals surface area contributed by atoms with Gasteiger partial charge >= 0.3 is 0 Å². The van der Waals surface area contributed by atoms with Gasteiger partial charge in [-0.05, 0) is 30.5 Å². The van der Waals surface area contributed by atoms with Crippen molar-refractivity contribution < 1.29 is 9.72 Å². The molecule has 1 N–H and O–H groups in total. The fourth-order valence-corrected chi connectivity index (χ4v) is 4.09. The monoisotopic (exact) mass is 411 g/mol. The second-order valence-corrected chi connectivity index (χ2v) is 7.50. The summed E-state index contributed by atoms with van der Waals surface area (Å²) in [5.41, 5.74) is 2.60. The smallest absolute Gasteiger partial charge is 0.276 e. The maximum absolute atomic E-state index is 12.6. The van der Waals surface area contributed by atoms with Crippen molar-refractivity contribution in [3.05, 3.63) is 74.0 Å². The van der Waals surface area contributed by atoms with Gasteiger partial charge in [0.05, 0.1) is 16.3 Å². The number of nitrogens with zero attached hydrogens (tertiary/aromatic N) is 4. The lowest BCUT2D eigenvalue weighted by Gasteiger charge is -2.08. The van der Waals surface area contributed by atoms with E-state index in [9.17, 15) is 14.9 Å². The summed E-state index contributed by atoms with van der Waals surface area (Å²) in [5, 5.41) is 24.4. The molecule has 0 saturated heterocycles. The van der Waals surface area contributed by atoms with E-state index in [1.807, 2.05) is 16.8 Å². The van der Waals surface area contributed by atoms with Crippen LogP contribution >= 0.6 is 22.7 Å². The van der Waals surface area contributed by atoms with Gasteiger partial charge in [-0.15, -0.1) is 11.3 Å². The minimum absolute atomic E-state index is 0.0124. The molecule has 0 atom stereocenters. The van der Waals surface area contributed by atoms with Gasteiger partial charge in [0.2, 0.25) is 0 Å². The third kappa shape index (κ3) is 3.55. The molecule has 0 aliphatic carbocycles. The number of thiophene rings is 1. The molecule has 1 aromatic carbocycles. The Morgan fingerprint density at radius 2 is 2.00 bits per heavy atom. The van der Waals surface area contributed by atoms with Gasteiger partial charge in [0.1, 0.15) is 16.5 Å². The minimum Gasteiger partial charge on any atom is -0.305 e. The quantitative estimate of drug-likeness (QED) is 0.384. The molecule has 0 saturated carbocycles. The highest BCUT2D eigenvalue weighted by Crippen LogP contribution is 2.26. The molecule has 4 rings (SSSR count). The summed E-state index contributed by atoms with van der Waals surface area (Å²) in [6.07, 6.45) is 0. The second-order valence-electron chi connectivity index (χ2n) is 5.86. The standard InChI is InChI=1S/C18H13N5O3S2/c1-11-8-16(22(21-11)13-2-4-14(5-3-13)23(25)26)20-17(24)15-10-28-18(19-15)12-6-7-27-9-12/h2-10H,1H3,(H,20,24). The third-order valence-electron chi connectivity index (χ3n) is 3.88. The van der Waals surface area contributed by atoms with Crippen molar-refractivity contribution in [3.63, 3.8) is 0 Å². The van der Waals surface area contributed by atoms with Gasteiger partial charge in [0, 0.05) is 34.5 Å². The SMILES string of the molecule is Cc1cc(NC(=O)c2csc(-c3ccsc3)n2)n(-c2ccc([N+](=O)[O-])cc2)n1. The molecule has 0 unspecified atom stereocenters. The molecule has 0 radical (unpaired) electrons. The zero-order valence-electron chi connectivity index (χ0n) is 14.5. The predicted octanol–water partition coefficient (Wildman–Crippen LogP) is 4.53. The molecule has 0 aliphatic heterocycles. The predicted molar refractivity (Wildman–Crippen MR) is 108 cm³/mol. The number of carbonyl (C=O) groups excluding carboxylic acids is 1. The van der Waals surface area contributed by atoms with Gasteiger partial charge in [-0.1, -0.05) is 0 Å². The number of benzene rings is 1. The summed E-state index contributed by atoms with van der Waals surface area (Å²) < 4.78 is 1.53. The van der Waals surface area contributed by atoms with Crippen molar-refractivity contribution in [2.24, 2.45) is 0 Å². The fourth-order valence-electron chi connectivity index (χ4n) is 2.58. The Hall–Kier alpha value is -3.37. The minimum atomic E-state index is -0.464. The van der Waals surface area contributed by atoms with Crippen LogP contribution in [0.4, 0.5) is 11.5 Å². The largest absolute Gasteiger partial charge is 0.305 e. The summed E-state index contributed by atoms with van der Waals surface area (Å²) >= 11 is 2.98. The molecule has 3 aromatic heterocycles. The molecule has 0 fully saturated rings. The lowest BCUT2D eigenvalue weighted by atomic mass is 10.3. The number of amides is 1. The Morgan fingerprint density at radius 1 is 1.21 bits per heavy atom. The van der Waals surface area contributed by atoms with Crippen LogP contribution in [0.3, 0.4) is 0 Å². The first-order chi connectivity index (χ1) is 13.5. The number of nitrogens with one attached hydrogen (secondary N) is 1. The van der Waals surface area contributed by atoms with Crippen LogP contribution in [-0.2, 0) is 0 Å². The maximum atomic E-state index is 12.6. The van der Waals surface area contributed by atoms with Gasteiger partial charge in [-0.3, -0.25) is 14.9 Å². The molecule has 1 amide bonds. The number of aromatic nitrogens is 3. The Morgan fingerprint density at radius 3 is 2.68 bits per heavy atom. The number of nitro groups is 1. The van der Waals surface area contributed by atoms with E-state index in [0.717, 1.165) is 10.6 Å². The highest BCUT2D eigenvalue weighted by atomic mass is 32.1. The first kappa shape index (κ1) is 18.0. The van der Waals surface area contributed by atoms with Crippen molar-refractivity contribution in [2.75, 3.05) is 5.32 Å². The lowest BCUT2D eigenvalue weighted by Crippen LogP contribution is -2.15. The molecular weight excluding hydrogens is 398 g/mol. The van der Waals surface area contributed by atoms with Gasteiger partial charge in [0.25, 0.3) is 11.6 Å². The van der Waals surface area contributed by atoms with Crippen LogP contribution < -0.4 is 5.32 Å². The topological polar surface area (TPSA) is 103 Å². The summed E-state index contributed by atoms with van der Waals surface area (Å²) in [6.45, 7) is 1.80. The Kier molecular flexibility index (Phi) is 4.72. The number of hydrogen-bond acceptors (Lipinski definition) is 7. The van der Waals surface area contributed by atoms with Crippen molar-refractivity contribution in [1.29, 1.82) is 0 Å². The number of hydrogen-bond donors (Lipinski definition) is 1. The van der Waals surface area contributed by atoms with Gasteiger partial charge in [0.15, 0.2) is 0 Å². The number of thiazole rings is 1. The van der Waals surface area contributed by atoms with Crippen LogP contribution in [-0.4, -0.2) is 25.6 Å². The zero-order chi connectivity index (χ0) is 19.7. The number of carbonyl (C=O) groups is 1. The number of non-ortho nitro benzene ring substituents is 1. The Labute approximate surface area is 167 Å².